The number of rotatable bonds is 5. The molecule has 6 aliphatic carbocycles. The molecular formula is C36H56O6. The highest BCUT2D eigenvalue weighted by atomic mass is 16.6. The van der Waals surface area contributed by atoms with E-state index >= 15 is 0 Å². The van der Waals surface area contributed by atoms with Gasteiger partial charge in [-0.25, -0.2) is 0 Å². The third-order valence-electron chi connectivity index (χ3n) is 16.2. The van der Waals surface area contributed by atoms with E-state index in [-0.39, 0.29) is 51.5 Å². The van der Waals surface area contributed by atoms with Crippen LogP contribution in [0.5, 0.6) is 0 Å². The van der Waals surface area contributed by atoms with Crippen LogP contribution < -0.4 is 0 Å². The van der Waals surface area contributed by atoms with Crippen LogP contribution in [0.2, 0.25) is 0 Å². The summed E-state index contributed by atoms with van der Waals surface area (Å²) in [7, 11) is 0. The zero-order valence-corrected chi connectivity index (χ0v) is 26.9. The number of carbonyl (C=O) groups excluding carboxylic acids is 1. The Hall–Kier alpha value is -1.14. The second-order valence-corrected chi connectivity index (χ2v) is 17.6. The van der Waals surface area contributed by atoms with Gasteiger partial charge in [-0.05, 0) is 128 Å². The number of carboxylic acids is 1. The van der Waals surface area contributed by atoms with Gasteiger partial charge in [0.1, 0.15) is 12.2 Å². The van der Waals surface area contributed by atoms with Crippen molar-refractivity contribution in [1.82, 2.24) is 0 Å². The number of hydrogen-bond acceptors (Lipinski definition) is 5. The predicted molar refractivity (Wildman–Crippen MR) is 159 cm³/mol. The van der Waals surface area contributed by atoms with Crippen molar-refractivity contribution in [1.29, 1.82) is 0 Å². The SMILES string of the molecule is CC1(C)C2CC[C@]3(C)C(CCC4[C@@H]5[C@H](C6(COC(=O)C7CCCC7)CO6)CC[C@]5(C(=O)O)CC[C@]43C)[C@@]2(C)CC[C@H]1O. The fourth-order valence-corrected chi connectivity index (χ4v) is 13.5. The summed E-state index contributed by atoms with van der Waals surface area (Å²) in [5.74, 6) is 0.986. The average Bonchev–Trinajstić information content (AvgIpc) is 3.32. The Balaban J connectivity index is 1.20. The van der Waals surface area contributed by atoms with E-state index in [0.29, 0.717) is 31.0 Å². The van der Waals surface area contributed by atoms with E-state index in [0.717, 1.165) is 83.5 Å². The Kier molecular flexibility index (Phi) is 6.64. The third-order valence-corrected chi connectivity index (χ3v) is 16.2. The molecular weight excluding hydrogens is 528 g/mol. The highest BCUT2D eigenvalue weighted by molar-refractivity contribution is 5.76. The van der Waals surface area contributed by atoms with E-state index in [2.05, 4.69) is 34.6 Å². The summed E-state index contributed by atoms with van der Waals surface area (Å²) >= 11 is 0. The molecule has 1 aliphatic heterocycles. The molecule has 7 rings (SSSR count). The maximum atomic E-state index is 13.2. The van der Waals surface area contributed by atoms with Gasteiger partial charge in [-0.1, -0.05) is 47.5 Å². The van der Waals surface area contributed by atoms with E-state index in [1.54, 1.807) is 0 Å². The van der Waals surface area contributed by atoms with Crippen LogP contribution >= 0.6 is 0 Å². The quantitative estimate of drug-likeness (QED) is 0.266. The zero-order chi connectivity index (χ0) is 29.9. The lowest BCUT2D eigenvalue weighted by Gasteiger charge is -2.72. The number of ether oxygens (including phenoxy) is 2. The molecule has 236 valence electrons. The van der Waals surface area contributed by atoms with Crippen LogP contribution in [0.4, 0.5) is 0 Å². The van der Waals surface area contributed by atoms with Gasteiger partial charge in [-0.3, -0.25) is 9.59 Å². The van der Waals surface area contributed by atoms with E-state index < -0.39 is 17.0 Å². The number of carbonyl (C=O) groups is 2. The molecule has 0 aromatic carbocycles. The number of aliphatic hydroxyl groups is 1. The fourth-order valence-electron chi connectivity index (χ4n) is 13.5. The van der Waals surface area contributed by atoms with Crippen LogP contribution in [-0.4, -0.2) is 47.1 Å². The Bertz CT molecular complexity index is 1120. The average molecular weight is 585 g/mol. The first-order valence-electron chi connectivity index (χ1n) is 17.5. The summed E-state index contributed by atoms with van der Waals surface area (Å²) < 4.78 is 12.2. The van der Waals surface area contributed by atoms with Crippen LogP contribution in [0.15, 0.2) is 0 Å². The van der Waals surface area contributed by atoms with Crippen molar-refractivity contribution < 1.29 is 29.3 Å². The molecule has 0 radical (unpaired) electrons. The molecule has 1 heterocycles. The smallest absolute Gasteiger partial charge is 0.309 e. The normalized spacial score (nSPS) is 52.9. The van der Waals surface area contributed by atoms with Crippen molar-refractivity contribution in [3.63, 3.8) is 0 Å². The van der Waals surface area contributed by atoms with Crippen LogP contribution in [0.3, 0.4) is 0 Å². The van der Waals surface area contributed by atoms with Gasteiger partial charge in [0.15, 0.2) is 0 Å². The molecule has 7 aliphatic rings. The van der Waals surface area contributed by atoms with Gasteiger partial charge in [-0.15, -0.1) is 0 Å². The van der Waals surface area contributed by atoms with Crippen molar-refractivity contribution in [2.75, 3.05) is 13.2 Å². The highest BCUT2D eigenvalue weighted by Crippen LogP contribution is 2.78. The van der Waals surface area contributed by atoms with Gasteiger partial charge in [0, 0.05) is 0 Å². The monoisotopic (exact) mass is 584 g/mol. The maximum absolute atomic E-state index is 13.2. The molecule has 7 fully saturated rings. The molecule has 0 aromatic rings. The van der Waals surface area contributed by atoms with Crippen LogP contribution in [0, 0.1) is 62.6 Å². The zero-order valence-electron chi connectivity index (χ0n) is 26.9. The molecule has 1 saturated heterocycles. The van der Waals surface area contributed by atoms with Crippen molar-refractivity contribution in [2.45, 2.75) is 136 Å². The van der Waals surface area contributed by atoms with Gasteiger partial charge in [-0.2, -0.15) is 0 Å². The summed E-state index contributed by atoms with van der Waals surface area (Å²) in [4.78, 5) is 26.1. The minimum absolute atomic E-state index is 0.0260. The molecule has 6 saturated carbocycles. The number of esters is 1. The molecule has 2 N–H and O–H groups in total. The van der Waals surface area contributed by atoms with Gasteiger partial charge >= 0.3 is 11.9 Å². The summed E-state index contributed by atoms with van der Waals surface area (Å²) in [6.45, 7) is 13.1. The highest BCUT2D eigenvalue weighted by Gasteiger charge is 2.74. The molecule has 0 aromatic heterocycles. The van der Waals surface area contributed by atoms with Crippen molar-refractivity contribution in [2.24, 2.45) is 62.6 Å². The third kappa shape index (κ3) is 3.75. The largest absolute Gasteiger partial charge is 0.481 e. The number of aliphatic hydroxyl groups excluding tert-OH is 1. The molecule has 6 heteroatoms. The molecule has 0 spiro atoms. The molecule has 4 unspecified atom stereocenters. The van der Waals surface area contributed by atoms with Crippen molar-refractivity contribution in [3.8, 4) is 0 Å². The molecule has 0 amide bonds. The second-order valence-electron chi connectivity index (χ2n) is 17.6. The van der Waals surface area contributed by atoms with Gasteiger partial charge in [0.05, 0.1) is 24.0 Å². The fraction of sp³-hybridized carbons (Fsp3) is 0.944. The lowest BCUT2D eigenvalue weighted by molar-refractivity contribution is -0.250. The standard InChI is InChI=1S/C36H56O6/c1-31(2)25-13-16-34(5)26(32(25,3)15-14-27(31)37)11-10-23-28-24(12-17-35(28,30(39)40)19-18-33(23,34)4)36(21-42-36)20-41-29(38)22-8-6-7-9-22/h22-28,37H,6-21H2,1-5H3,(H,39,40)/t23?,24-,25?,26?,27-,28-,32+,33-,34-,35+,36?/m1/s1. The van der Waals surface area contributed by atoms with Crippen LogP contribution in [-0.2, 0) is 19.1 Å². The Morgan fingerprint density at radius 2 is 1.50 bits per heavy atom. The molecule has 0 bridgehead atoms. The summed E-state index contributed by atoms with van der Waals surface area (Å²) in [6, 6.07) is 0. The summed E-state index contributed by atoms with van der Waals surface area (Å²) in [5.41, 5.74) is -0.852. The van der Waals surface area contributed by atoms with Crippen molar-refractivity contribution >= 4 is 11.9 Å². The first-order chi connectivity index (χ1) is 19.8. The number of carboxylic acid groups (broad SMARTS) is 1. The van der Waals surface area contributed by atoms with E-state index in [1.807, 2.05) is 0 Å². The summed E-state index contributed by atoms with van der Waals surface area (Å²) in [6.07, 6.45) is 13.7. The van der Waals surface area contributed by atoms with Crippen LogP contribution in [0.25, 0.3) is 0 Å². The maximum Gasteiger partial charge on any atom is 0.309 e. The Morgan fingerprint density at radius 1 is 0.786 bits per heavy atom. The minimum atomic E-state index is -0.690. The number of fused-ring (bicyclic) bond motifs is 7. The number of aliphatic carboxylic acids is 1. The molecule has 11 atom stereocenters. The molecule has 6 nitrogen and oxygen atoms in total. The minimum Gasteiger partial charge on any atom is -0.481 e. The second kappa shape index (κ2) is 9.44. The van der Waals surface area contributed by atoms with Crippen molar-refractivity contribution in [3.05, 3.63) is 0 Å². The first kappa shape index (κ1) is 29.6. The number of epoxide rings is 1. The Labute approximate surface area is 253 Å². The lowest BCUT2D eigenvalue weighted by atomic mass is 9.32. The molecule has 42 heavy (non-hydrogen) atoms. The van der Waals surface area contributed by atoms with E-state index in [9.17, 15) is 19.8 Å². The van der Waals surface area contributed by atoms with Gasteiger partial charge in [0.2, 0.25) is 0 Å². The van der Waals surface area contributed by atoms with Gasteiger partial charge < -0.3 is 19.7 Å². The topological polar surface area (TPSA) is 96.4 Å². The Morgan fingerprint density at radius 3 is 2.17 bits per heavy atom. The van der Waals surface area contributed by atoms with E-state index in [1.165, 1.54) is 6.42 Å². The van der Waals surface area contributed by atoms with Crippen LogP contribution in [0.1, 0.15) is 125 Å². The van der Waals surface area contributed by atoms with Gasteiger partial charge in [0.25, 0.3) is 0 Å². The predicted octanol–water partition coefficient (Wildman–Crippen LogP) is 7.02. The van der Waals surface area contributed by atoms with E-state index in [4.69, 9.17) is 9.47 Å². The first-order valence-corrected chi connectivity index (χ1v) is 17.5. The summed E-state index contributed by atoms with van der Waals surface area (Å²) in [5, 5.41) is 21.9. The number of hydrogen-bond donors (Lipinski definition) is 2. The lowest BCUT2D eigenvalue weighted by Crippen LogP contribution is -2.67.